The fourth-order valence-electron chi connectivity index (χ4n) is 3.01. The fraction of sp³-hybridized carbons (Fsp3) is 0.261. The van der Waals surface area contributed by atoms with Gasteiger partial charge in [0.15, 0.2) is 0 Å². The Morgan fingerprint density at radius 1 is 0.923 bits per heavy atom. The summed E-state index contributed by atoms with van der Waals surface area (Å²) in [6.45, 7) is 8.90. The largest absolute Gasteiger partial charge is 2.00 e. The van der Waals surface area contributed by atoms with Gasteiger partial charge in [0.2, 0.25) is 5.91 Å². The first-order valence-electron chi connectivity index (χ1n) is 8.75. The van der Waals surface area contributed by atoms with Crippen LogP contribution in [-0.2, 0) is 27.4 Å². The van der Waals surface area contributed by atoms with Gasteiger partial charge >= 0.3 is 17.1 Å². The van der Waals surface area contributed by atoms with Crippen molar-refractivity contribution in [3.05, 3.63) is 99.1 Å². The molecule has 0 aliphatic heterocycles. The van der Waals surface area contributed by atoms with Crippen LogP contribution in [0, 0.1) is 63.2 Å². The zero-order valence-electron chi connectivity index (χ0n) is 15.9. The van der Waals surface area contributed by atoms with Crippen molar-refractivity contribution in [3.8, 4) is 0 Å². The van der Waals surface area contributed by atoms with Crippen LogP contribution >= 0.6 is 0 Å². The standard InChI is InChI=1S/C18H22NO.C5H5.Fe/c1-5-19(17(20)16-13-9-10-14(16)2)18(3,4)15-11-7-6-8-12-15;1-2-4-5-3-1;/h6-13H,5H2,1-4H3;1-5H;/q;;+2. The van der Waals surface area contributed by atoms with Crippen LogP contribution in [-0.4, -0.2) is 17.4 Å². The summed E-state index contributed by atoms with van der Waals surface area (Å²) in [5, 5.41) is 0. The summed E-state index contributed by atoms with van der Waals surface area (Å²) in [5.74, 6) is 1.94. The van der Waals surface area contributed by atoms with Gasteiger partial charge in [-0.3, -0.25) is 4.79 Å². The minimum atomic E-state index is -0.323. The number of carbonyl (C=O) groups excluding carboxylic acids is 1. The minimum Gasteiger partial charge on any atom is -0.333 e. The number of rotatable bonds is 4. The Morgan fingerprint density at radius 2 is 1.46 bits per heavy atom. The molecule has 10 radical (unpaired) electrons. The fourth-order valence-corrected chi connectivity index (χ4v) is 3.01. The molecule has 26 heavy (non-hydrogen) atoms. The molecule has 2 saturated carbocycles. The number of hydrogen-bond acceptors (Lipinski definition) is 1. The molecule has 0 unspecified atom stereocenters. The molecule has 2 fully saturated rings. The maximum absolute atomic E-state index is 12.8. The number of amides is 1. The van der Waals surface area contributed by atoms with Crippen molar-refractivity contribution in [2.75, 3.05) is 6.54 Å². The first kappa shape index (κ1) is 23.2. The summed E-state index contributed by atoms with van der Waals surface area (Å²) >= 11 is 0. The normalized spacial score (nSPS) is 18.0. The molecule has 0 spiro atoms. The van der Waals surface area contributed by atoms with E-state index >= 15 is 0 Å². The molecule has 3 heteroatoms. The van der Waals surface area contributed by atoms with Crippen molar-refractivity contribution < 1.29 is 21.9 Å². The molecule has 1 aromatic rings. The number of nitrogens with zero attached hydrogens (tertiary/aromatic N) is 1. The molecule has 2 nitrogen and oxygen atoms in total. The average molecular weight is 389 g/mol. The molecule has 0 N–H and O–H groups in total. The van der Waals surface area contributed by atoms with Gasteiger partial charge in [-0.15, -0.1) is 0 Å². The Bertz CT molecular complexity index is 517. The minimum absolute atomic E-state index is 0. The quantitative estimate of drug-likeness (QED) is 0.690. The van der Waals surface area contributed by atoms with Gasteiger partial charge in [-0.05, 0) is 83.6 Å². The molecule has 0 bridgehead atoms. The van der Waals surface area contributed by atoms with Crippen LogP contribution in [0.5, 0.6) is 0 Å². The molecule has 0 heterocycles. The Balaban J connectivity index is 0.000000486. The van der Waals surface area contributed by atoms with E-state index in [-0.39, 0.29) is 28.5 Å². The molecule has 0 aromatic heterocycles. The monoisotopic (exact) mass is 389 g/mol. The van der Waals surface area contributed by atoms with Gasteiger partial charge < -0.3 is 4.90 Å². The summed E-state index contributed by atoms with van der Waals surface area (Å²) < 4.78 is 0. The third-order valence-electron chi connectivity index (χ3n) is 4.54. The van der Waals surface area contributed by atoms with Gasteiger partial charge in [-0.1, -0.05) is 37.3 Å². The smallest absolute Gasteiger partial charge is 0.333 e. The SMILES string of the molecule is CCN(C(=O)[C]1[CH][CH][CH][C]1C)C(C)(C)c1ccccc1.[CH]1[CH][CH][CH][CH]1.[Fe+2]. The van der Waals surface area contributed by atoms with Crippen LogP contribution in [0.4, 0.5) is 0 Å². The van der Waals surface area contributed by atoms with Crippen molar-refractivity contribution >= 4 is 5.91 Å². The van der Waals surface area contributed by atoms with E-state index in [1.807, 2.05) is 88.3 Å². The summed E-state index contributed by atoms with van der Waals surface area (Å²) in [5.41, 5.74) is 0.830. The van der Waals surface area contributed by atoms with E-state index in [1.165, 1.54) is 0 Å². The van der Waals surface area contributed by atoms with E-state index in [0.29, 0.717) is 6.54 Å². The van der Waals surface area contributed by atoms with Crippen LogP contribution < -0.4 is 0 Å². The van der Waals surface area contributed by atoms with Gasteiger partial charge in [0, 0.05) is 6.54 Å². The predicted molar refractivity (Wildman–Crippen MR) is 103 cm³/mol. The molecule has 1 amide bonds. The Hall–Kier alpha value is -0.791. The second-order valence-corrected chi connectivity index (χ2v) is 6.56. The number of carbonyl (C=O) groups is 1. The van der Waals surface area contributed by atoms with Gasteiger partial charge in [-0.2, -0.15) is 0 Å². The van der Waals surface area contributed by atoms with Crippen molar-refractivity contribution in [3.63, 3.8) is 0 Å². The van der Waals surface area contributed by atoms with Crippen LogP contribution in [0.3, 0.4) is 0 Å². The predicted octanol–water partition coefficient (Wildman–Crippen LogP) is 4.58. The van der Waals surface area contributed by atoms with Crippen LogP contribution in [0.1, 0.15) is 33.3 Å². The molecule has 0 atom stereocenters. The number of benzene rings is 1. The molecule has 136 valence electrons. The summed E-state index contributed by atoms with van der Waals surface area (Å²) in [6, 6.07) is 10.2. The molecule has 1 aromatic carbocycles. The maximum atomic E-state index is 12.8. The third kappa shape index (κ3) is 5.86. The second-order valence-electron chi connectivity index (χ2n) is 6.56. The zero-order valence-corrected chi connectivity index (χ0v) is 17.0. The van der Waals surface area contributed by atoms with Crippen LogP contribution in [0.2, 0.25) is 0 Å². The van der Waals surface area contributed by atoms with Crippen molar-refractivity contribution in [1.29, 1.82) is 0 Å². The van der Waals surface area contributed by atoms with E-state index in [0.717, 1.165) is 17.4 Å². The van der Waals surface area contributed by atoms with Crippen LogP contribution in [0.15, 0.2) is 30.3 Å². The van der Waals surface area contributed by atoms with Crippen molar-refractivity contribution in [2.24, 2.45) is 0 Å². The Kier molecular flexibility index (Phi) is 9.96. The zero-order chi connectivity index (χ0) is 18.3. The van der Waals surface area contributed by atoms with E-state index in [1.54, 1.807) is 0 Å². The molecule has 0 saturated heterocycles. The van der Waals surface area contributed by atoms with Gasteiger partial charge in [0.05, 0.1) is 11.5 Å². The van der Waals surface area contributed by atoms with Crippen molar-refractivity contribution in [2.45, 2.75) is 33.2 Å². The Labute approximate surface area is 171 Å². The first-order valence-corrected chi connectivity index (χ1v) is 8.75. The first-order chi connectivity index (χ1) is 12.0. The second kappa shape index (κ2) is 11.1. The van der Waals surface area contributed by atoms with Gasteiger partial charge in [-0.25, -0.2) is 0 Å². The van der Waals surface area contributed by atoms with Crippen LogP contribution in [0.25, 0.3) is 0 Å². The molecule has 3 rings (SSSR count). The summed E-state index contributed by atoms with van der Waals surface area (Å²) in [6.07, 6.45) is 15.8. The molecule has 2 aliphatic rings. The molecular formula is C23H27FeNO+2. The topological polar surface area (TPSA) is 20.3 Å². The van der Waals surface area contributed by atoms with E-state index < -0.39 is 0 Å². The van der Waals surface area contributed by atoms with Crippen molar-refractivity contribution in [1.82, 2.24) is 4.90 Å². The van der Waals surface area contributed by atoms with E-state index in [4.69, 9.17) is 0 Å². The third-order valence-corrected chi connectivity index (χ3v) is 4.54. The van der Waals surface area contributed by atoms with E-state index in [9.17, 15) is 4.79 Å². The number of hydrogen-bond donors (Lipinski definition) is 0. The summed E-state index contributed by atoms with van der Waals surface area (Å²) in [7, 11) is 0. The molecule has 2 aliphatic carbocycles. The van der Waals surface area contributed by atoms with Gasteiger partial charge in [0.25, 0.3) is 0 Å². The van der Waals surface area contributed by atoms with Gasteiger partial charge in [0.1, 0.15) is 0 Å². The maximum Gasteiger partial charge on any atom is 2.00 e. The molecular weight excluding hydrogens is 362 g/mol. The van der Waals surface area contributed by atoms with E-state index in [2.05, 4.69) is 26.0 Å². The Morgan fingerprint density at radius 3 is 1.88 bits per heavy atom. The average Bonchev–Trinajstić information content (AvgIpc) is 3.30. The summed E-state index contributed by atoms with van der Waals surface area (Å²) in [4.78, 5) is 14.7.